The largest absolute Gasteiger partial charge is 0.324 e. The van der Waals surface area contributed by atoms with Crippen LogP contribution >= 0.6 is 0 Å². The van der Waals surface area contributed by atoms with Gasteiger partial charge in [-0.25, -0.2) is 8.42 Å². The summed E-state index contributed by atoms with van der Waals surface area (Å²) in [5.41, 5.74) is 0.896. The third-order valence-corrected chi connectivity index (χ3v) is 3.55. The zero-order chi connectivity index (χ0) is 13.2. The van der Waals surface area contributed by atoms with Crippen LogP contribution < -0.4 is 10.0 Å². The lowest BCUT2D eigenvalue weighted by Gasteiger charge is -2.24. The number of hydrogen-bond acceptors (Lipinski definition) is 3. The Morgan fingerprint density at radius 3 is 2.33 bits per heavy atom. The van der Waals surface area contributed by atoms with E-state index in [-0.39, 0.29) is 11.8 Å². The Hall–Kier alpha value is -1.56. The van der Waals surface area contributed by atoms with Crippen molar-refractivity contribution in [2.24, 2.45) is 5.92 Å². The zero-order valence-corrected chi connectivity index (χ0v) is 11.0. The molecule has 0 heterocycles. The summed E-state index contributed by atoms with van der Waals surface area (Å²) in [6.45, 7) is 0. The normalized spacial score (nSPS) is 15.8. The number of carbonyl (C=O) groups excluding carboxylic acids is 1. The summed E-state index contributed by atoms with van der Waals surface area (Å²) in [4.78, 5) is 11.8. The fraction of sp³-hybridized carbons (Fsp3) is 0.417. The van der Waals surface area contributed by atoms with Gasteiger partial charge < -0.3 is 5.32 Å². The maximum atomic E-state index is 11.8. The molecule has 2 N–H and O–H groups in total. The van der Waals surface area contributed by atoms with Gasteiger partial charge >= 0.3 is 0 Å². The second-order valence-electron chi connectivity index (χ2n) is 4.54. The van der Waals surface area contributed by atoms with Crippen LogP contribution in [0.1, 0.15) is 19.3 Å². The van der Waals surface area contributed by atoms with Crippen LogP contribution in [0.2, 0.25) is 0 Å². The van der Waals surface area contributed by atoms with Gasteiger partial charge in [0, 0.05) is 5.92 Å². The smallest absolute Gasteiger partial charge is 0.229 e. The maximum absolute atomic E-state index is 11.8. The lowest BCUT2D eigenvalue weighted by Crippen LogP contribution is -2.28. The highest BCUT2D eigenvalue weighted by atomic mass is 32.2. The number of rotatable bonds is 4. The zero-order valence-electron chi connectivity index (χ0n) is 10.1. The molecular weight excluding hydrogens is 252 g/mol. The molecule has 0 radical (unpaired) electrons. The average molecular weight is 268 g/mol. The van der Waals surface area contributed by atoms with Gasteiger partial charge in [-0.05, 0) is 25.0 Å². The molecule has 0 bridgehead atoms. The minimum Gasteiger partial charge on any atom is -0.324 e. The number of carbonyl (C=O) groups is 1. The summed E-state index contributed by atoms with van der Waals surface area (Å²) >= 11 is 0. The summed E-state index contributed by atoms with van der Waals surface area (Å²) in [6, 6.07) is 6.78. The first-order valence-corrected chi connectivity index (χ1v) is 7.72. The molecular formula is C12H16N2O3S. The van der Waals surface area contributed by atoms with Crippen molar-refractivity contribution in [3.05, 3.63) is 24.3 Å². The first-order valence-electron chi connectivity index (χ1n) is 5.83. The van der Waals surface area contributed by atoms with Gasteiger partial charge in [0.25, 0.3) is 0 Å². The number of nitrogens with one attached hydrogen (secondary N) is 2. The molecule has 0 aliphatic heterocycles. The van der Waals surface area contributed by atoms with Gasteiger partial charge in [-0.2, -0.15) is 0 Å². The van der Waals surface area contributed by atoms with Crippen molar-refractivity contribution in [1.29, 1.82) is 0 Å². The topological polar surface area (TPSA) is 75.3 Å². The SMILES string of the molecule is CS(=O)(=O)Nc1ccccc1NC(=O)C1CCC1. The van der Waals surface area contributed by atoms with Gasteiger partial charge in [0.05, 0.1) is 17.6 Å². The molecule has 1 aliphatic rings. The molecule has 1 fully saturated rings. The van der Waals surface area contributed by atoms with Gasteiger partial charge in [0.1, 0.15) is 0 Å². The Balaban J connectivity index is 2.14. The fourth-order valence-electron chi connectivity index (χ4n) is 1.79. The third-order valence-electron chi connectivity index (χ3n) is 2.96. The van der Waals surface area contributed by atoms with E-state index in [1.54, 1.807) is 24.3 Å². The van der Waals surface area contributed by atoms with E-state index in [0.717, 1.165) is 25.5 Å². The Labute approximate surface area is 107 Å². The molecule has 5 nitrogen and oxygen atoms in total. The lowest BCUT2D eigenvalue weighted by atomic mass is 9.85. The Morgan fingerprint density at radius 1 is 1.22 bits per heavy atom. The first kappa shape index (κ1) is 12.9. The van der Waals surface area contributed by atoms with Gasteiger partial charge in [-0.1, -0.05) is 18.6 Å². The van der Waals surface area contributed by atoms with E-state index in [1.165, 1.54) is 0 Å². The van der Waals surface area contributed by atoms with E-state index < -0.39 is 10.0 Å². The molecule has 18 heavy (non-hydrogen) atoms. The number of para-hydroxylation sites is 2. The van der Waals surface area contributed by atoms with Crippen molar-refractivity contribution in [2.75, 3.05) is 16.3 Å². The molecule has 0 spiro atoms. The van der Waals surface area contributed by atoms with Crippen LogP contribution in [0.15, 0.2) is 24.3 Å². The number of hydrogen-bond donors (Lipinski definition) is 2. The number of benzene rings is 1. The Morgan fingerprint density at radius 2 is 1.83 bits per heavy atom. The van der Waals surface area contributed by atoms with Crippen LogP contribution in [0.3, 0.4) is 0 Å². The second kappa shape index (κ2) is 4.97. The molecule has 0 aromatic heterocycles. The standard InChI is InChI=1S/C12H16N2O3S/c1-18(16,17)14-11-8-3-2-7-10(11)13-12(15)9-5-4-6-9/h2-3,7-9,14H,4-6H2,1H3,(H,13,15). The van der Waals surface area contributed by atoms with E-state index in [0.29, 0.717) is 11.4 Å². The van der Waals surface area contributed by atoms with Crippen LogP contribution in [0.25, 0.3) is 0 Å². The Kier molecular flexibility index (Phi) is 3.56. The van der Waals surface area contributed by atoms with E-state index in [1.807, 2.05) is 0 Å². The number of amides is 1. The van der Waals surface area contributed by atoms with Crippen molar-refractivity contribution in [3.8, 4) is 0 Å². The van der Waals surface area contributed by atoms with Crippen molar-refractivity contribution >= 4 is 27.3 Å². The van der Waals surface area contributed by atoms with E-state index in [4.69, 9.17) is 0 Å². The van der Waals surface area contributed by atoms with E-state index >= 15 is 0 Å². The molecule has 1 aromatic carbocycles. The molecule has 6 heteroatoms. The summed E-state index contributed by atoms with van der Waals surface area (Å²) in [5.74, 6) is 0.0280. The minimum atomic E-state index is -3.35. The van der Waals surface area contributed by atoms with Gasteiger partial charge in [0.2, 0.25) is 15.9 Å². The molecule has 2 rings (SSSR count). The molecule has 1 saturated carbocycles. The molecule has 0 unspecified atom stereocenters. The summed E-state index contributed by atoms with van der Waals surface area (Å²) in [7, 11) is -3.35. The van der Waals surface area contributed by atoms with Gasteiger partial charge in [0.15, 0.2) is 0 Å². The quantitative estimate of drug-likeness (QED) is 0.874. The lowest BCUT2D eigenvalue weighted by molar-refractivity contribution is -0.122. The molecule has 0 atom stereocenters. The number of anilines is 2. The highest BCUT2D eigenvalue weighted by Crippen LogP contribution is 2.29. The predicted octanol–water partition coefficient (Wildman–Crippen LogP) is 1.80. The monoisotopic (exact) mass is 268 g/mol. The Bertz CT molecular complexity index is 550. The summed E-state index contributed by atoms with van der Waals surface area (Å²) < 4.78 is 24.8. The van der Waals surface area contributed by atoms with Gasteiger partial charge in [-0.15, -0.1) is 0 Å². The summed E-state index contributed by atoms with van der Waals surface area (Å²) in [6.07, 6.45) is 3.99. The number of sulfonamides is 1. The molecule has 1 aromatic rings. The van der Waals surface area contributed by atoms with Crippen LogP contribution in [0.4, 0.5) is 11.4 Å². The van der Waals surface area contributed by atoms with Crippen LogP contribution in [0.5, 0.6) is 0 Å². The van der Waals surface area contributed by atoms with Crippen LogP contribution in [-0.4, -0.2) is 20.6 Å². The van der Waals surface area contributed by atoms with Crippen molar-refractivity contribution < 1.29 is 13.2 Å². The average Bonchev–Trinajstić information content (AvgIpc) is 2.16. The minimum absolute atomic E-state index is 0.0380. The van der Waals surface area contributed by atoms with Crippen molar-refractivity contribution in [3.63, 3.8) is 0 Å². The third kappa shape index (κ3) is 3.22. The predicted molar refractivity (Wildman–Crippen MR) is 70.9 cm³/mol. The maximum Gasteiger partial charge on any atom is 0.229 e. The molecule has 98 valence electrons. The van der Waals surface area contributed by atoms with E-state index in [9.17, 15) is 13.2 Å². The second-order valence-corrected chi connectivity index (χ2v) is 6.29. The molecule has 1 aliphatic carbocycles. The van der Waals surface area contributed by atoms with Crippen LogP contribution in [-0.2, 0) is 14.8 Å². The van der Waals surface area contributed by atoms with Crippen molar-refractivity contribution in [2.45, 2.75) is 19.3 Å². The van der Waals surface area contributed by atoms with E-state index in [2.05, 4.69) is 10.0 Å². The van der Waals surface area contributed by atoms with Gasteiger partial charge in [-0.3, -0.25) is 9.52 Å². The molecule has 1 amide bonds. The highest BCUT2D eigenvalue weighted by molar-refractivity contribution is 7.92. The highest BCUT2D eigenvalue weighted by Gasteiger charge is 2.25. The van der Waals surface area contributed by atoms with Crippen molar-refractivity contribution in [1.82, 2.24) is 0 Å². The summed E-state index contributed by atoms with van der Waals surface area (Å²) in [5, 5.41) is 2.77. The van der Waals surface area contributed by atoms with Crippen LogP contribution in [0, 0.1) is 5.92 Å². The first-order chi connectivity index (χ1) is 8.46. The molecule has 0 saturated heterocycles. The fourth-order valence-corrected chi connectivity index (χ4v) is 2.36.